The van der Waals surface area contributed by atoms with Crippen LogP contribution in [0.25, 0.3) is 28.5 Å². The van der Waals surface area contributed by atoms with Crippen LogP contribution in [0.5, 0.6) is 0 Å². The largest absolute Gasteiger partial charge is 0.444 e. The molecule has 0 aliphatic carbocycles. The fourth-order valence-electron chi connectivity index (χ4n) is 3.56. The van der Waals surface area contributed by atoms with E-state index in [1.54, 1.807) is 30.8 Å². The minimum Gasteiger partial charge on any atom is -0.444 e. The summed E-state index contributed by atoms with van der Waals surface area (Å²) in [7, 11) is 0. The van der Waals surface area contributed by atoms with Crippen LogP contribution in [0.4, 0.5) is 4.39 Å². The van der Waals surface area contributed by atoms with E-state index >= 15 is 0 Å². The van der Waals surface area contributed by atoms with Crippen LogP contribution in [0.1, 0.15) is 16.8 Å². The lowest BCUT2D eigenvalue weighted by atomic mass is 10.1. The molecule has 0 aliphatic rings. The van der Waals surface area contributed by atoms with E-state index in [-0.39, 0.29) is 5.82 Å². The topological polar surface area (TPSA) is 69.6 Å². The third kappa shape index (κ3) is 4.42. The Kier molecular flexibility index (Phi) is 5.75. The number of hydrogen-bond acceptors (Lipinski definition) is 6. The summed E-state index contributed by atoms with van der Waals surface area (Å²) in [6.07, 6.45) is 5.08. The van der Waals surface area contributed by atoms with Crippen molar-refractivity contribution in [1.82, 2.24) is 24.7 Å². The van der Waals surface area contributed by atoms with Gasteiger partial charge in [0.2, 0.25) is 5.89 Å². The van der Waals surface area contributed by atoms with Crippen LogP contribution in [0.3, 0.4) is 0 Å². The molecule has 0 N–H and O–H groups in total. The summed E-state index contributed by atoms with van der Waals surface area (Å²) in [5.74, 6) is 1.50. The van der Waals surface area contributed by atoms with Crippen LogP contribution < -0.4 is 0 Å². The predicted molar refractivity (Wildman–Crippen MR) is 126 cm³/mol. The van der Waals surface area contributed by atoms with Crippen molar-refractivity contribution in [2.45, 2.75) is 24.8 Å². The molecule has 5 aromatic rings. The number of hydrogen-bond donors (Lipinski definition) is 0. The first-order valence-electron chi connectivity index (χ1n) is 10.3. The van der Waals surface area contributed by atoms with Gasteiger partial charge in [-0.15, -0.1) is 10.2 Å². The Bertz CT molecular complexity index is 1400. The molecule has 0 amide bonds. The van der Waals surface area contributed by atoms with Crippen molar-refractivity contribution in [3.63, 3.8) is 0 Å². The third-order valence-corrected chi connectivity index (χ3v) is 6.13. The van der Waals surface area contributed by atoms with Crippen LogP contribution in [-0.4, -0.2) is 24.7 Å². The van der Waals surface area contributed by atoms with Crippen molar-refractivity contribution < 1.29 is 8.81 Å². The minimum absolute atomic E-state index is 0.298. The maximum atomic E-state index is 13.5. The highest BCUT2D eigenvalue weighted by molar-refractivity contribution is 7.98. The highest BCUT2D eigenvalue weighted by atomic mass is 32.2. The van der Waals surface area contributed by atoms with Crippen LogP contribution >= 0.6 is 11.8 Å². The van der Waals surface area contributed by atoms with Gasteiger partial charge >= 0.3 is 0 Å². The SMILES string of the molecule is Cc1ccc(-c2nc(CSc3nnc(-c4ccncc4)n3-c3ccc(F)cc3)co2)c(C)c1. The Morgan fingerprint density at radius 1 is 0.970 bits per heavy atom. The van der Waals surface area contributed by atoms with Gasteiger partial charge in [-0.25, -0.2) is 9.37 Å². The smallest absolute Gasteiger partial charge is 0.226 e. The zero-order valence-electron chi connectivity index (χ0n) is 18.1. The summed E-state index contributed by atoms with van der Waals surface area (Å²) in [5.41, 5.74) is 5.73. The van der Waals surface area contributed by atoms with Gasteiger partial charge in [-0.05, 0) is 61.9 Å². The van der Waals surface area contributed by atoms with Gasteiger partial charge in [0.15, 0.2) is 11.0 Å². The zero-order valence-corrected chi connectivity index (χ0v) is 18.9. The summed E-state index contributed by atoms with van der Waals surface area (Å²) >= 11 is 1.49. The molecule has 0 spiro atoms. The number of pyridine rings is 1. The van der Waals surface area contributed by atoms with Crippen molar-refractivity contribution in [2.24, 2.45) is 0 Å². The summed E-state index contributed by atoms with van der Waals surface area (Å²) in [6, 6.07) is 16.2. The van der Waals surface area contributed by atoms with Gasteiger partial charge in [-0.2, -0.15) is 0 Å². The average molecular weight is 458 g/mol. The number of halogens is 1. The van der Waals surface area contributed by atoms with Gasteiger partial charge < -0.3 is 4.42 Å². The van der Waals surface area contributed by atoms with E-state index in [2.05, 4.69) is 33.2 Å². The maximum absolute atomic E-state index is 13.5. The van der Waals surface area contributed by atoms with Crippen LogP contribution in [-0.2, 0) is 5.75 Å². The number of aromatic nitrogens is 5. The van der Waals surface area contributed by atoms with Crippen molar-refractivity contribution in [3.05, 3.63) is 95.9 Å². The van der Waals surface area contributed by atoms with Gasteiger partial charge in [0, 0.05) is 35.0 Å². The first kappa shape index (κ1) is 21.1. The molecule has 164 valence electrons. The number of nitrogens with zero attached hydrogens (tertiary/aromatic N) is 5. The molecule has 0 bridgehead atoms. The minimum atomic E-state index is -0.298. The average Bonchev–Trinajstić information content (AvgIpc) is 3.46. The molecule has 0 unspecified atom stereocenters. The first-order valence-corrected chi connectivity index (χ1v) is 11.3. The molecule has 5 rings (SSSR count). The molecule has 3 heterocycles. The summed E-state index contributed by atoms with van der Waals surface area (Å²) < 4.78 is 21.2. The molecule has 0 aliphatic heterocycles. The summed E-state index contributed by atoms with van der Waals surface area (Å²) in [6.45, 7) is 4.11. The van der Waals surface area contributed by atoms with Crippen molar-refractivity contribution in [3.8, 4) is 28.5 Å². The number of thioether (sulfide) groups is 1. The molecule has 8 heteroatoms. The lowest BCUT2D eigenvalue weighted by molar-refractivity contribution is 0.573. The maximum Gasteiger partial charge on any atom is 0.226 e. The molecule has 6 nitrogen and oxygen atoms in total. The van der Waals surface area contributed by atoms with Gasteiger partial charge in [-0.3, -0.25) is 9.55 Å². The van der Waals surface area contributed by atoms with E-state index in [0.717, 1.165) is 28.1 Å². The monoisotopic (exact) mass is 457 g/mol. The lowest BCUT2D eigenvalue weighted by Gasteiger charge is -2.10. The third-order valence-electron chi connectivity index (χ3n) is 5.17. The summed E-state index contributed by atoms with van der Waals surface area (Å²) in [4.78, 5) is 8.74. The Morgan fingerprint density at radius 2 is 1.76 bits per heavy atom. The van der Waals surface area contributed by atoms with Gasteiger partial charge in [0.25, 0.3) is 0 Å². The normalized spacial score (nSPS) is 11.1. The lowest BCUT2D eigenvalue weighted by Crippen LogP contribution is -2.00. The fourth-order valence-corrected chi connectivity index (χ4v) is 4.39. The van der Waals surface area contributed by atoms with Gasteiger partial charge in [-0.1, -0.05) is 29.5 Å². The van der Waals surface area contributed by atoms with Crippen molar-refractivity contribution >= 4 is 11.8 Å². The Balaban J connectivity index is 1.44. The Hall–Kier alpha value is -3.78. The van der Waals surface area contributed by atoms with Crippen LogP contribution in [0, 0.1) is 19.7 Å². The highest BCUT2D eigenvalue weighted by Gasteiger charge is 2.17. The molecule has 0 atom stereocenters. The number of benzene rings is 2. The predicted octanol–water partition coefficient (Wildman–Crippen LogP) is 6.03. The first-order chi connectivity index (χ1) is 16.1. The van der Waals surface area contributed by atoms with Gasteiger partial charge in [0.05, 0.1) is 5.69 Å². The zero-order chi connectivity index (χ0) is 22.8. The van der Waals surface area contributed by atoms with E-state index < -0.39 is 0 Å². The molecule has 0 saturated heterocycles. The molecule has 2 aromatic carbocycles. The quantitative estimate of drug-likeness (QED) is 0.290. The van der Waals surface area contributed by atoms with Crippen molar-refractivity contribution in [2.75, 3.05) is 0 Å². The molecule has 0 radical (unpaired) electrons. The van der Waals surface area contributed by atoms with E-state index in [1.165, 1.54) is 29.5 Å². The van der Waals surface area contributed by atoms with E-state index in [0.29, 0.717) is 22.6 Å². The molecular formula is C25H20FN5OS. The van der Waals surface area contributed by atoms with E-state index in [4.69, 9.17) is 4.42 Å². The van der Waals surface area contributed by atoms with E-state index in [1.807, 2.05) is 35.8 Å². The molecule has 3 aromatic heterocycles. The molecule has 0 saturated carbocycles. The second-order valence-corrected chi connectivity index (χ2v) is 8.55. The second kappa shape index (κ2) is 8.99. The van der Waals surface area contributed by atoms with Gasteiger partial charge in [0.1, 0.15) is 12.1 Å². The highest BCUT2D eigenvalue weighted by Crippen LogP contribution is 2.31. The van der Waals surface area contributed by atoms with Crippen LogP contribution in [0.2, 0.25) is 0 Å². The fraction of sp³-hybridized carbons (Fsp3) is 0.120. The Morgan fingerprint density at radius 3 is 2.52 bits per heavy atom. The van der Waals surface area contributed by atoms with Crippen LogP contribution in [0.15, 0.2) is 82.8 Å². The second-order valence-electron chi connectivity index (χ2n) is 7.60. The number of aryl methyl sites for hydroxylation is 2. The number of rotatable bonds is 6. The van der Waals surface area contributed by atoms with E-state index in [9.17, 15) is 4.39 Å². The summed E-state index contributed by atoms with van der Waals surface area (Å²) in [5, 5.41) is 9.47. The molecular weight excluding hydrogens is 437 g/mol. The molecule has 33 heavy (non-hydrogen) atoms. The number of oxazole rings is 1. The molecule has 0 fully saturated rings. The standard InChI is InChI=1S/C25H20FN5OS/c1-16-3-8-22(17(2)13-16)24-28-20(14-32-24)15-33-25-30-29-23(18-9-11-27-12-10-18)31(25)21-6-4-19(26)5-7-21/h3-14H,15H2,1-2H3. The van der Waals surface area contributed by atoms with Crippen molar-refractivity contribution in [1.29, 1.82) is 0 Å². The Labute approximate surface area is 194 Å².